The fraction of sp³-hybridized carbons (Fsp3) is 0.353. The molecule has 1 aliphatic carbocycles. The van der Waals surface area contributed by atoms with Gasteiger partial charge < -0.3 is 9.32 Å². The average molecular weight is 287 g/mol. The number of hydrogen-bond acceptors (Lipinski definition) is 2. The Morgan fingerprint density at radius 1 is 1.33 bits per heavy atom. The second-order valence-corrected chi connectivity index (χ2v) is 5.58. The first-order valence-electron chi connectivity index (χ1n) is 7.17. The number of amides is 1. The van der Waals surface area contributed by atoms with Gasteiger partial charge in [-0.2, -0.15) is 0 Å². The van der Waals surface area contributed by atoms with Gasteiger partial charge >= 0.3 is 0 Å². The highest BCUT2D eigenvalue weighted by molar-refractivity contribution is 5.95. The molecule has 2 aromatic rings. The Bertz CT molecular complexity index is 673. The fourth-order valence-electron chi connectivity index (χ4n) is 2.56. The van der Waals surface area contributed by atoms with Crippen molar-refractivity contribution in [1.29, 1.82) is 0 Å². The number of carbonyl (C=O) groups is 1. The van der Waals surface area contributed by atoms with Crippen LogP contribution in [-0.4, -0.2) is 16.8 Å². The van der Waals surface area contributed by atoms with E-state index in [2.05, 4.69) is 0 Å². The lowest BCUT2D eigenvalue weighted by Gasteiger charge is -2.22. The summed E-state index contributed by atoms with van der Waals surface area (Å²) >= 11 is 0. The second kappa shape index (κ2) is 5.35. The van der Waals surface area contributed by atoms with E-state index in [9.17, 15) is 9.18 Å². The minimum atomic E-state index is -0.268. The van der Waals surface area contributed by atoms with E-state index in [-0.39, 0.29) is 17.8 Å². The lowest BCUT2D eigenvalue weighted by Crippen LogP contribution is -2.33. The van der Waals surface area contributed by atoms with Crippen LogP contribution in [0.5, 0.6) is 0 Å². The highest BCUT2D eigenvalue weighted by Gasteiger charge is 2.34. The first-order chi connectivity index (χ1) is 10.1. The molecule has 3 rings (SSSR count). The van der Waals surface area contributed by atoms with Crippen LogP contribution in [0.2, 0.25) is 0 Å². The van der Waals surface area contributed by atoms with Crippen molar-refractivity contribution < 1.29 is 13.6 Å². The molecular weight excluding hydrogens is 269 g/mol. The smallest absolute Gasteiger partial charge is 0.257 e. The predicted octanol–water partition coefficient (Wildman–Crippen LogP) is 3.84. The average Bonchev–Trinajstić information content (AvgIpc) is 3.22. The normalized spacial score (nSPS) is 14.2. The molecule has 0 unspecified atom stereocenters. The van der Waals surface area contributed by atoms with Crippen LogP contribution < -0.4 is 0 Å². The number of halogens is 1. The summed E-state index contributed by atoms with van der Waals surface area (Å²) in [6.07, 6.45) is 1.96. The van der Waals surface area contributed by atoms with Gasteiger partial charge in [0.1, 0.15) is 17.3 Å². The third-order valence-electron chi connectivity index (χ3n) is 3.82. The van der Waals surface area contributed by atoms with Crippen molar-refractivity contribution in [1.82, 2.24) is 4.90 Å². The zero-order valence-electron chi connectivity index (χ0n) is 12.2. The standard InChI is InChI=1S/C17H18FNO2/c1-11-9-15(12(2)21-11)17(20)19(14-7-8-14)10-13-5-3-4-6-16(13)18/h3-6,9,14H,7-8,10H2,1-2H3. The summed E-state index contributed by atoms with van der Waals surface area (Å²) in [5, 5.41) is 0. The van der Waals surface area contributed by atoms with Crippen LogP contribution in [0.3, 0.4) is 0 Å². The molecule has 0 aliphatic heterocycles. The third kappa shape index (κ3) is 2.84. The largest absolute Gasteiger partial charge is 0.466 e. The Balaban J connectivity index is 1.87. The van der Waals surface area contributed by atoms with Crippen LogP contribution >= 0.6 is 0 Å². The van der Waals surface area contributed by atoms with Crippen molar-refractivity contribution in [2.45, 2.75) is 39.3 Å². The van der Waals surface area contributed by atoms with Crippen LogP contribution in [0.4, 0.5) is 4.39 Å². The maximum Gasteiger partial charge on any atom is 0.257 e. The van der Waals surface area contributed by atoms with E-state index in [1.807, 2.05) is 6.92 Å². The SMILES string of the molecule is Cc1cc(C(=O)N(Cc2ccccc2F)C2CC2)c(C)o1. The lowest BCUT2D eigenvalue weighted by atomic mass is 10.1. The monoisotopic (exact) mass is 287 g/mol. The molecule has 1 aromatic heterocycles. The molecule has 0 saturated heterocycles. The molecule has 1 amide bonds. The number of benzene rings is 1. The van der Waals surface area contributed by atoms with E-state index in [0.29, 0.717) is 23.4 Å². The molecule has 21 heavy (non-hydrogen) atoms. The highest BCUT2D eigenvalue weighted by Crippen LogP contribution is 2.31. The van der Waals surface area contributed by atoms with Gasteiger partial charge in [-0.3, -0.25) is 4.79 Å². The number of furan rings is 1. The molecule has 0 bridgehead atoms. The van der Waals surface area contributed by atoms with E-state index in [4.69, 9.17) is 4.42 Å². The predicted molar refractivity (Wildman–Crippen MR) is 77.5 cm³/mol. The summed E-state index contributed by atoms with van der Waals surface area (Å²) in [6, 6.07) is 8.58. The van der Waals surface area contributed by atoms with Gasteiger partial charge in [-0.25, -0.2) is 4.39 Å². The number of nitrogens with zero attached hydrogens (tertiary/aromatic N) is 1. The van der Waals surface area contributed by atoms with Gasteiger partial charge in [0.05, 0.1) is 5.56 Å². The molecule has 1 fully saturated rings. The summed E-state index contributed by atoms with van der Waals surface area (Å²) in [5.74, 6) is 1.00. The van der Waals surface area contributed by atoms with E-state index >= 15 is 0 Å². The van der Waals surface area contributed by atoms with Crippen LogP contribution in [0.1, 0.15) is 40.3 Å². The van der Waals surface area contributed by atoms with Crippen LogP contribution in [-0.2, 0) is 6.54 Å². The molecule has 0 atom stereocenters. The Hall–Kier alpha value is -2.10. The number of hydrogen-bond donors (Lipinski definition) is 0. The lowest BCUT2D eigenvalue weighted by molar-refractivity contribution is 0.0726. The molecule has 1 aliphatic rings. The summed E-state index contributed by atoms with van der Waals surface area (Å²) < 4.78 is 19.3. The Morgan fingerprint density at radius 3 is 2.62 bits per heavy atom. The summed E-state index contributed by atoms with van der Waals surface area (Å²) in [5.41, 5.74) is 1.13. The van der Waals surface area contributed by atoms with Crippen molar-refractivity contribution in [3.63, 3.8) is 0 Å². The molecular formula is C17H18FNO2. The Kier molecular flexibility index (Phi) is 3.53. The van der Waals surface area contributed by atoms with E-state index in [0.717, 1.165) is 18.6 Å². The number of rotatable bonds is 4. The van der Waals surface area contributed by atoms with Crippen LogP contribution in [0, 0.1) is 19.7 Å². The van der Waals surface area contributed by atoms with Crippen molar-refractivity contribution in [3.05, 3.63) is 58.8 Å². The first-order valence-corrected chi connectivity index (χ1v) is 7.17. The Labute approximate surface area is 123 Å². The van der Waals surface area contributed by atoms with Gasteiger partial charge in [0.15, 0.2) is 0 Å². The van der Waals surface area contributed by atoms with E-state index in [1.165, 1.54) is 6.07 Å². The molecule has 110 valence electrons. The quantitative estimate of drug-likeness (QED) is 0.856. The van der Waals surface area contributed by atoms with Crippen molar-refractivity contribution in [2.75, 3.05) is 0 Å². The first kappa shape index (κ1) is 13.9. The maximum atomic E-state index is 13.8. The third-order valence-corrected chi connectivity index (χ3v) is 3.82. The Morgan fingerprint density at radius 2 is 2.05 bits per heavy atom. The molecule has 0 radical (unpaired) electrons. The molecule has 0 N–H and O–H groups in total. The zero-order valence-corrected chi connectivity index (χ0v) is 12.2. The van der Waals surface area contributed by atoms with E-state index < -0.39 is 0 Å². The topological polar surface area (TPSA) is 33.5 Å². The fourth-order valence-corrected chi connectivity index (χ4v) is 2.56. The van der Waals surface area contributed by atoms with Gasteiger partial charge in [-0.1, -0.05) is 18.2 Å². The molecule has 0 spiro atoms. The van der Waals surface area contributed by atoms with Gasteiger partial charge in [0.2, 0.25) is 0 Å². The molecule has 3 nitrogen and oxygen atoms in total. The summed E-state index contributed by atoms with van der Waals surface area (Å²) in [6.45, 7) is 3.91. The highest BCUT2D eigenvalue weighted by atomic mass is 19.1. The van der Waals surface area contributed by atoms with Crippen molar-refractivity contribution in [3.8, 4) is 0 Å². The number of carbonyl (C=O) groups excluding carboxylic acids is 1. The number of aryl methyl sites for hydroxylation is 2. The van der Waals surface area contributed by atoms with Gasteiger partial charge in [-0.05, 0) is 38.8 Å². The van der Waals surface area contributed by atoms with Gasteiger partial charge in [-0.15, -0.1) is 0 Å². The second-order valence-electron chi connectivity index (χ2n) is 5.58. The summed E-state index contributed by atoms with van der Waals surface area (Å²) in [7, 11) is 0. The van der Waals surface area contributed by atoms with Gasteiger partial charge in [0.25, 0.3) is 5.91 Å². The summed E-state index contributed by atoms with van der Waals surface area (Å²) in [4.78, 5) is 14.5. The minimum Gasteiger partial charge on any atom is -0.466 e. The molecule has 1 saturated carbocycles. The van der Waals surface area contributed by atoms with Gasteiger partial charge in [0, 0.05) is 18.2 Å². The minimum absolute atomic E-state index is 0.0740. The molecule has 1 aromatic carbocycles. The molecule has 1 heterocycles. The van der Waals surface area contributed by atoms with Crippen molar-refractivity contribution in [2.24, 2.45) is 0 Å². The van der Waals surface area contributed by atoms with Crippen LogP contribution in [0.25, 0.3) is 0 Å². The van der Waals surface area contributed by atoms with Crippen LogP contribution in [0.15, 0.2) is 34.7 Å². The van der Waals surface area contributed by atoms with E-state index in [1.54, 1.807) is 36.1 Å². The molecule has 4 heteroatoms. The zero-order chi connectivity index (χ0) is 15.0. The van der Waals surface area contributed by atoms with Crippen molar-refractivity contribution >= 4 is 5.91 Å². The maximum absolute atomic E-state index is 13.8.